The summed E-state index contributed by atoms with van der Waals surface area (Å²) in [4.78, 5) is 32.8. The van der Waals surface area contributed by atoms with Crippen molar-refractivity contribution in [3.8, 4) is 0 Å². The largest absolute Gasteiger partial charge is 0.335 e. The monoisotopic (exact) mass is 358 g/mol. The topological polar surface area (TPSA) is 65.5 Å². The molecule has 2 aliphatic rings. The molecule has 1 saturated carbocycles. The van der Waals surface area contributed by atoms with Crippen molar-refractivity contribution in [3.63, 3.8) is 0 Å². The lowest BCUT2D eigenvalue weighted by Crippen LogP contribution is -2.54. The molecule has 1 aliphatic heterocycles. The number of carbonyl (C=O) groups excluding carboxylic acids is 2. The molecule has 1 aliphatic carbocycles. The fourth-order valence-electron chi connectivity index (χ4n) is 4.09. The van der Waals surface area contributed by atoms with E-state index < -0.39 is 0 Å². The van der Waals surface area contributed by atoms with Crippen LogP contribution in [0.2, 0.25) is 0 Å². The molecule has 1 atom stereocenters. The molecular formula is C20H30N4O2. The minimum absolute atomic E-state index is 0.0338. The summed E-state index contributed by atoms with van der Waals surface area (Å²) >= 11 is 0. The molecule has 142 valence electrons. The van der Waals surface area contributed by atoms with Gasteiger partial charge in [0.05, 0.1) is 0 Å². The molecule has 6 heteroatoms. The number of nitrogens with one attached hydrogen (secondary N) is 1. The minimum atomic E-state index is 0.0338. The van der Waals surface area contributed by atoms with E-state index in [1.807, 2.05) is 21.9 Å². The predicted octanol–water partition coefficient (Wildman–Crippen LogP) is 2.94. The smallest absolute Gasteiger partial charge is 0.317 e. The van der Waals surface area contributed by atoms with E-state index in [1.165, 1.54) is 19.3 Å². The molecule has 2 heterocycles. The van der Waals surface area contributed by atoms with E-state index in [1.54, 1.807) is 19.3 Å². The van der Waals surface area contributed by atoms with Gasteiger partial charge in [0.25, 0.3) is 0 Å². The second-order valence-corrected chi connectivity index (χ2v) is 7.53. The number of aromatic nitrogens is 1. The molecule has 26 heavy (non-hydrogen) atoms. The maximum absolute atomic E-state index is 12.7. The third-order valence-corrected chi connectivity index (χ3v) is 5.54. The third-order valence-electron chi connectivity index (χ3n) is 5.54. The van der Waals surface area contributed by atoms with Crippen molar-refractivity contribution in [2.24, 2.45) is 0 Å². The highest BCUT2D eigenvalue weighted by molar-refractivity contribution is 5.76. The first-order valence-electron chi connectivity index (χ1n) is 9.85. The molecule has 1 unspecified atom stereocenters. The Morgan fingerprint density at radius 3 is 2.73 bits per heavy atom. The average Bonchev–Trinajstić information content (AvgIpc) is 2.67. The molecule has 0 radical (unpaired) electrons. The average molecular weight is 358 g/mol. The van der Waals surface area contributed by atoms with Gasteiger partial charge in [-0.1, -0.05) is 25.3 Å². The summed E-state index contributed by atoms with van der Waals surface area (Å²) in [5.41, 5.74) is 1.02. The van der Waals surface area contributed by atoms with Gasteiger partial charge in [-0.15, -0.1) is 0 Å². The van der Waals surface area contributed by atoms with Gasteiger partial charge in [-0.05, 0) is 37.3 Å². The first-order valence-corrected chi connectivity index (χ1v) is 9.85. The Balaban J connectivity index is 1.59. The highest BCUT2D eigenvalue weighted by Crippen LogP contribution is 2.21. The number of carbonyl (C=O) groups is 2. The summed E-state index contributed by atoms with van der Waals surface area (Å²) in [5.74, 6) is 0.0494. The van der Waals surface area contributed by atoms with Gasteiger partial charge in [-0.2, -0.15) is 0 Å². The molecule has 2 fully saturated rings. The maximum atomic E-state index is 12.7. The van der Waals surface area contributed by atoms with Gasteiger partial charge in [0.15, 0.2) is 0 Å². The van der Waals surface area contributed by atoms with Crippen molar-refractivity contribution in [2.45, 2.75) is 70.5 Å². The number of pyridine rings is 1. The van der Waals surface area contributed by atoms with Crippen LogP contribution >= 0.6 is 0 Å². The van der Waals surface area contributed by atoms with Gasteiger partial charge in [0.1, 0.15) is 0 Å². The van der Waals surface area contributed by atoms with Crippen LogP contribution in [0.4, 0.5) is 4.79 Å². The van der Waals surface area contributed by atoms with E-state index in [4.69, 9.17) is 0 Å². The Hall–Kier alpha value is -2.11. The summed E-state index contributed by atoms with van der Waals surface area (Å²) in [7, 11) is 0. The zero-order valence-corrected chi connectivity index (χ0v) is 15.7. The van der Waals surface area contributed by atoms with E-state index in [9.17, 15) is 9.59 Å². The minimum Gasteiger partial charge on any atom is -0.335 e. The molecule has 0 bridgehead atoms. The quantitative estimate of drug-likeness (QED) is 0.900. The highest BCUT2D eigenvalue weighted by atomic mass is 16.2. The van der Waals surface area contributed by atoms with Gasteiger partial charge in [0.2, 0.25) is 5.91 Å². The fraction of sp³-hybridized carbons (Fsp3) is 0.650. The number of nitrogens with zero attached hydrogens (tertiary/aromatic N) is 3. The Kier molecular flexibility index (Phi) is 6.47. The second kappa shape index (κ2) is 9.01. The molecule has 1 N–H and O–H groups in total. The Bertz CT molecular complexity index is 601. The van der Waals surface area contributed by atoms with Crippen molar-refractivity contribution in [3.05, 3.63) is 30.1 Å². The number of piperidine rings is 1. The van der Waals surface area contributed by atoms with E-state index in [0.717, 1.165) is 37.8 Å². The standard InChI is InChI=1S/C20H30N4O2/c1-16(25)24(14-17-7-5-11-21-13-17)19-10-6-12-23(15-19)20(26)22-18-8-3-2-4-9-18/h5,7,11,13,18-19H,2-4,6,8-10,12,14-15H2,1H3,(H,22,26). The Labute approximate surface area is 156 Å². The highest BCUT2D eigenvalue weighted by Gasteiger charge is 2.30. The second-order valence-electron chi connectivity index (χ2n) is 7.53. The number of amides is 3. The summed E-state index contributed by atoms with van der Waals surface area (Å²) in [6, 6.07) is 4.29. The zero-order valence-electron chi connectivity index (χ0n) is 15.7. The van der Waals surface area contributed by atoms with Crippen molar-refractivity contribution < 1.29 is 9.59 Å². The van der Waals surface area contributed by atoms with Crippen molar-refractivity contribution in [1.82, 2.24) is 20.1 Å². The van der Waals surface area contributed by atoms with Crippen LogP contribution in [0.25, 0.3) is 0 Å². The van der Waals surface area contributed by atoms with Gasteiger partial charge in [-0.3, -0.25) is 9.78 Å². The number of hydrogen-bond acceptors (Lipinski definition) is 3. The molecule has 1 aromatic heterocycles. The van der Waals surface area contributed by atoms with E-state index in [-0.39, 0.29) is 18.0 Å². The normalized spacial score (nSPS) is 21.3. The van der Waals surface area contributed by atoms with Crippen molar-refractivity contribution in [1.29, 1.82) is 0 Å². The maximum Gasteiger partial charge on any atom is 0.317 e. The van der Waals surface area contributed by atoms with Crippen LogP contribution in [0, 0.1) is 0 Å². The molecule has 6 nitrogen and oxygen atoms in total. The summed E-state index contributed by atoms with van der Waals surface area (Å²) < 4.78 is 0. The van der Waals surface area contributed by atoms with Crippen LogP contribution < -0.4 is 5.32 Å². The summed E-state index contributed by atoms with van der Waals surface area (Å²) in [6.07, 6.45) is 11.3. The van der Waals surface area contributed by atoms with E-state index in [0.29, 0.717) is 19.1 Å². The van der Waals surface area contributed by atoms with Crippen LogP contribution in [-0.4, -0.2) is 51.9 Å². The molecule has 3 amide bonds. The van der Waals surface area contributed by atoms with Crippen LogP contribution in [-0.2, 0) is 11.3 Å². The molecular weight excluding hydrogens is 328 g/mol. The van der Waals surface area contributed by atoms with Gasteiger partial charge in [-0.25, -0.2) is 4.79 Å². The van der Waals surface area contributed by atoms with Gasteiger partial charge >= 0.3 is 6.03 Å². The molecule has 0 spiro atoms. The van der Waals surface area contributed by atoms with Crippen LogP contribution in [0.5, 0.6) is 0 Å². The van der Waals surface area contributed by atoms with E-state index in [2.05, 4.69) is 10.3 Å². The molecule has 3 rings (SSSR count). The van der Waals surface area contributed by atoms with Gasteiger partial charge in [0, 0.05) is 51.0 Å². The van der Waals surface area contributed by atoms with Crippen molar-refractivity contribution in [2.75, 3.05) is 13.1 Å². The van der Waals surface area contributed by atoms with Crippen molar-refractivity contribution >= 4 is 11.9 Å². The number of urea groups is 1. The Morgan fingerprint density at radius 2 is 2.04 bits per heavy atom. The van der Waals surface area contributed by atoms with Crippen LogP contribution in [0.15, 0.2) is 24.5 Å². The summed E-state index contributed by atoms with van der Waals surface area (Å²) in [6.45, 7) is 3.54. The Morgan fingerprint density at radius 1 is 1.23 bits per heavy atom. The SMILES string of the molecule is CC(=O)N(Cc1cccnc1)C1CCCN(C(=O)NC2CCCCC2)C1. The fourth-order valence-corrected chi connectivity index (χ4v) is 4.09. The number of hydrogen-bond donors (Lipinski definition) is 1. The van der Waals surface area contributed by atoms with Gasteiger partial charge < -0.3 is 15.1 Å². The molecule has 0 aromatic carbocycles. The zero-order chi connectivity index (χ0) is 18.4. The lowest BCUT2D eigenvalue weighted by Gasteiger charge is -2.39. The number of likely N-dealkylation sites (tertiary alicyclic amines) is 1. The summed E-state index contributed by atoms with van der Waals surface area (Å²) in [5, 5.41) is 3.20. The van der Waals surface area contributed by atoms with Crippen LogP contribution in [0.1, 0.15) is 57.4 Å². The first-order chi connectivity index (χ1) is 12.6. The van der Waals surface area contributed by atoms with E-state index >= 15 is 0 Å². The lowest BCUT2D eigenvalue weighted by atomic mass is 9.95. The molecule has 1 saturated heterocycles. The predicted molar refractivity (Wildman–Crippen MR) is 100 cm³/mol. The lowest BCUT2D eigenvalue weighted by molar-refractivity contribution is -0.132. The first kappa shape index (κ1) is 18.7. The number of rotatable bonds is 4. The molecule has 1 aromatic rings. The van der Waals surface area contributed by atoms with Crippen LogP contribution in [0.3, 0.4) is 0 Å². The third kappa shape index (κ3) is 4.96.